The van der Waals surface area contributed by atoms with Gasteiger partial charge in [-0.15, -0.1) is 0 Å². The van der Waals surface area contributed by atoms with E-state index in [1.165, 1.54) is 19.1 Å². The number of hydrogen-bond donors (Lipinski definition) is 3. The molecule has 2 aromatic carbocycles. The molecule has 2 bridgehead atoms. The van der Waals surface area contributed by atoms with Gasteiger partial charge in [-0.2, -0.15) is 0 Å². The number of Topliss-reactive ketones (excluding diaryl/α,β-unsaturated/α-hetero) is 1. The molecule has 7 nitrogen and oxygen atoms in total. The highest BCUT2D eigenvalue weighted by Crippen LogP contribution is 2.54. The van der Waals surface area contributed by atoms with Crippen molar-refractivity contribution in [2.45, 2.75) is 67.3 Å². The molecular weight excluding hydrogens is 547 g/mol. The third-order valence-electron chi connectivity index (χ3n) is 7.79. The van der Waals surface area contributed by atoms with E-state index < -0.39 is 50.2 Å². The van der Waals surface area contributed by atoms with E-state index in [1.54, 1.807) is 0 Å². The Morgan fingerprint density at radius 3 is 2.24 bits per heavy atom. The maximum atomic E-state index is 13.6. The summed E-state index contributed by atoms with van der Waals surface area (Å²) in [7, 11) is -4.06. The van der Waals surface area contributed by atoms with Gasteiger partial charge < -0.3 is 15.5 Å². The SMILES string of the molecule is C[C@H](O)C(=O)CCC1(O)C2CC[C@H]1CC(S(=O)(=O)c1cc(C(=O)Nc3cc(F)c(F)c(F)c3)ccc1Cl)C2. The Morgan fingerprint density at radius 2 is 1.68 bits per heavy atom. The molecule has 206 valence electrons. The molecule has 0 heterocycles. The van der Waals surface area contributed by atoms with Crippen molar-refractivity contribution in [3.8, 4) is 0 Å². The third kappa shape index (κ3) is 5.34. The van der Waals surface area contributed by atoms with Crippen LogP contribution in [0.2, 0.25) is 5.02 Å². The van der Waals surface area contributed by atoms with E-state index in [9.17, 15) is 41.4 Å². The lowest BCUT2D eigenvalue weighted by Crippen LogP contribution is -2.48. The zero-order chi connectivity index (χ0) is 28.0. The van der Waals surface area contributed by atoms with Crippen LogP contribution >= 0.6 is 11.6 Å². The number of rotatable bonds is 8. The number of sulfone groups is 1. The molecule has 3 N–H and O–H groups in total. The fourth-order valence-corrected chi connectivity index (χ4v) is 8.08. The van der Waals surface area contributed by atoms with Crippen LogP contribution in [0.15, 0.2) is 35.2 Å². The second-order valence-corrected chi connectivity index (χ2v) is 12.7. The number of ketones is 1. The Hall–Kier alpha value is -2.47. The van der Waals surface area contributed by atoms with E-state index in [0.29, 0.717) is 25.0 Å². The van der Waals surface area contributed by atoms with Crippen LogP contribution < -0.4 is 5.32 Å². The van der Waals surface area contributed by atoms with Gasteiger partial charge in [0.25, 0.3) is 5.91 Å². The van der Waals surface area contributed by atoms with E-state index in [4.69, 9.17) is 11.6 Å². The molecular formula is C26H27ClF3NO6S. The highest BCUT2D eigenvalue weighted by molar-refractivity contribution is 7.92. The molecule has 2 saturated carbocycles. The van der Waals surface area contributed by atoms with Crippen LogP contribution in [0.3, 0.4) is 0 Å². The van der Waals surface area contributed by atoms with E-state index in [2.05, 4.69) is 5.32 Å². The fourth-order valence-electron chi connectivity index (χ4n) is 5.68. The number of nitrogens with one attached hydrogen (secondary N) is 1. The van der Waals surface area contributed by atoms with Gasteiger partial charge in [-0.1, -0.05) is 11.6 Å². The van der Waals surface area contributed by atoms with Crippen LogP contribution in [0.4, 0.5) is 18.9 Å². The Kier molecular flexibility index (Phi) is 7.96. The maximum Gasteiger partial charge on any atom is 0.255 e. The first-order chi connectivity index (χ1) is 17.7. The van der Waals surface area contributed by atoms with Crippen molar-refractivity contribution in [3.05, 3.63) is 58.4 Å². The first-order valence-corrected chi connectivity index (χ1v) is 14.1. The molecule has 12 heteroatoms. The summed E-state index contributed by atoms with van der Waals surface area (Å²) in [5.41, 5.74) is -1.71. The normalized spacial score (nSPS) is 25.7. The van der Waals surface area contributed by atoms with Gasteiger partial charge in [0.2, 0.25) is 0 Å². The minimum absolute atomic E-state index is 0.0105. The lowest BCUT2D eigenvalue weighted by atomic mass is 9.71. The third-order valence-corrected chi connectivity index (χ3v) is 10.4. The molecule has 4 rings (SSSR count). The molecule has 1 amide bonds. The number of aliphatic hydroxyl groups is 2. The zero-order valence-corrected chi connectivity index (χ0v) is 22.0. The predicted octanol–water partition coefficient (Wildman–Crippen LogP) is 4.43. The summed E-state index contributed by atoms with van der Waals surface area (Å²) < 4.78 is 67.5. The molecule has 0 spiro atoms. The summed E-state index contributed by atoms with van der Waals surface area (Å²) >= 11 is 6.22. The van der Waals surface area contributed by atoms with Crippen LogP contribution in [0, 0.1) is 29.3 Å². The lowest BCUT2D eigenvalue weighted by molar-refractivity contribution is -0.129. The molecule has 38 heavy (non-hydrogen) atoms. The van der Waals surface area contributed by atoms with Crippen molar-refractivity contribution in [1.29, 1.82) is 0 Å². The van der Waals surface area contributed by atoms with E-state index in [0.717, 1.165) is 6.07 Å². The number of anilines is 1. The van der Waals surface area contributed by atoms with Crippen LogP contribution in [-0.2, 0) is 14.6 Å². The average molecular weight is 574 g/mol. The van der Waals surface area contributed by atoms with Crippen LogP contribution in [0.1, 0.15) is 55.8 Å². The van der Waals surface area contributed by atoms with Gasteiger partial charge in [0, 0.05) is 29.8 Å². The average Bonchev–Trinajstić information content (AvgIpc) is 3.01. The molecule has 2 aliphatic rings. The standard InChI is InChI=1S/C26H27ClF3NO6S/c1-13(32)22(33)6-7-26(35)15-3-4-16(26)10-18(9-15)38(36,37)23-8-14(2-5-19(23)27)25(34)31-17-11-20(28)24(30)21(29)12-17/h2,5,8,11-13,15-16,18,32,35H,3-4,6-7,9-10H2,1H3,(H,31,34)/t13-,15-,16?,18?,26?/m0/s1. The fraction of sp³-hybridized carbons (Fsp3) is 0.462. The van der Waals surface area contributed by atoms with Crippen molar-refractivity contribution < 1.29 is 41.4 Å². The summed E-state index contributed by atoms with van der Waals surface area (Å²) in [5.74, 6) is -6.69. The lowest BCUT2D eigenvalue weighted by Gasteiger charge is -2.42. The topological polar surface area (TPSA) is 121 Å². The number of carbonyl (C=O) groups is 2. The molecule has 0 aromatic heterocycles. The van der Waals surface area contributed by atoms with Gasteiger partial charge in [-0.25, -0.2) is 21.6 Å². The Labute approximate surface area is 222 Å². The number of carbonyl (C=O) groups excluding carboxylic acids is 2. The minimum Gasteiger partial charge on any atom is -0.389 e. The number of benzene rings is 2. The first-order valence-electron chi connectivity index (χ1n) is 12.2. The molecule has 2 aliphatic carbocycles. The van der Waals surface area contributed by atoms with Crippen LogP contribution in [0.25, 0.3) is 0 Å². The predicted molar refractivity (Wildman–Crippen MR) is 133 cm³/mol. The molecule has 2 fully saturated rings. The summed E-state index contributed by atoms with van der Waals surface area (Å²) in [6.07, 6.45) is 0.454. The van der Waals surface area contributed by atoms with Gasteiger partial charge in [0.15, 0.2) is 33.1 Å². The Bertz CT molecular complexity index is 1350. The second-order valence-electron chi connectivity index (χ2n) is 10.1. The largest absolute Gasteiger partial charge is 0.389 e. The highest BCUT2D eigenvalue weighted by atomic mass is 35.5. The number of aliphatic hydroxyl groups excluding tert-OH is 1. The van der Waals surface area contributed by atoms with E-state index >= 15 is 0 Å². The number of amides is 1. The molecule has 2 aromatic rings. The van der Waals surface area contributed by atoms with E-state index in [1.807, 2.05) is 0 Å². The summed E-state index contributed by atoms with van der Waals surface area (Å²) in [4.78, 5) is 24.3. The monoisotopic (exact) mass is 573 g/mol. The molecule has 5 atom stereocenters. The molecule has 0 aliphatic heterocycles. The van der Waals surface area contributed by atoms with Gasteiger partial charge in [0.1, 0.15) is 6.10 Å². The van der Waals surface area contributed by atoms with E-state index in [-0.39, 0.29) is 64.5 Å². The van der Waals surface area contributed by atoms with Gasteiger partial charge in [0.05, 0.1) is 20.8 Å². The number of fused-ring (bicyclic) bond motifs is 2. The van der Waals surface area contributed by atoms with Crippen molar-refractivity contribution in [3.63, 3.8) is 0 Å². The number of hydrogen-bond acceptors (Lipinski definition) is 6. The maximum absolute atomic E-state index is 13.6. The molecule has 0 saturated heterocycles. The van der Waals surface area contributed by atoms with Crippen LogP contribution in [0.5, 0.6) is 0 Å². The minimum atomic E-state index is -4.06. The smallest absolute Gasteiger partial charge is 0.255 e. The number of halogens is 4. The molecule has 3 unspecified atom stereocenters. The quantitative estimate of drug-likeness (QED) is 0.402. The molecule has 0 radical (unpaired) electrons. The van der Waals surface area contributed by atoms with Gasteiger partial charge >= 0.3 is 0 Å². The Balaban J connectivity index is 1.54. The van der Waals surface area contributed by atoms with Gasteiger partial charge in [-0.3, -0.25) is 9.59 Å². The zero-order valence-electron chi connectivity index (χ0n) is 20.4. The summed E-state index contributed by atoms with van der Waals surface area (Å²) in [5, 5.41) is 22.0. The van der Waals surface area contributed by atoms with Crippen LogP contribution in [-0.4, -0.2) is 47.3 Å². The second kappa shape index (κ2) is 10.6. The summed E-state index contributed by atoms with van der Waals surface area (Å²) in [6.45, 7) is 1.36. The van der Waals surface area contributed by atoms with Gasteiger partial charge in [-0.05, 0) is 69.1 Å². The van der Waals surface area contributed by atoms with Crippen molar-refractivity contribution in [2.24, 2.45) is 11.8 Å². The highest BCUT2D eigenvalue weighted by Gasteiger charge is 2.55. The van der Waals surface area contributed by atoms with Crippen molar-refractivity contribution in [2.75, 3.05) is 5.32 Å². The summed E-state index contributed by atoms with van der Waals surface area (Å²) in [6, 6.07) is 4.74. The Morgan fingerprint density at radius 1 is 1.11 bits per heavy atom. The van der Waals surface area contributed by atoms with Crippen molar-refractivity contribution in [1.82, 2.24) is 0 Å². The van der Waals surface area contributed by atoms with Crippen molar-refractivity contribution >= 4 is 38.8 Å². The first kappa shape index (κ1) is 28.5.